The summed E-state index contributed by atoms with van der Waals surface area (Å²) in [6.45, 7) is 11.0. The topological polar surface area (TPSA) is 20.3 Å². The van der Waals surface area contributed by atoms with Crippen molar-refractivity contribution in [3.8, 4) is 12.3 Å². The molecule has 0 spiro atoms. The van der Waals surface area contributed by atoms with Crippen LogP contribution in [0.25, 0.3) is 0 Å². The fourth-order valence-corrected chi connectivity index (χ4v) is 4.00. The first-order valence-electron chi connectivity index (χ1n) is 5.00. The Balaban J connectivity index is 2.94. The maximum absolute atomic E-state index is 11.6. The third-order valence-electron chi connectivity index (χ3n) is 3.58. The molecule has 1 aliphatic rings. The molecule has 0 aliphatic carbocycles. The van der Waals surface area contributed by atoms with Gasteiger partial charge >= 0.3 is 0 Å². The van der Waals surface area contributed by atoms with Crippen LogP contribution < -0.4 is 0 Å². The van der Waals surface area contributed by atoms with Crippen molar-refractivity contribution in [2.24, 2.45) is 0 Å². The number of carbonyl (C=O) groups excluding carboxylic acids is 1. The van der Waals surface area contributed by atoms with E-state index in [0.717, 1.165) is 0 Å². The summed E-state index contributed by atoms with van der Waals surface area (Å²) in [5.74, 6) is 2.94. The van der Waals surface area contributed by atoms with E-state index in [0.29, 0.717) is 6.42 Å². The van der Waals surface area contributed by atoms with E-state index in [4.69, 9.17) is 6.42 Å². The lowest BCUT2D eigenvalue weighted by Gasteiger charge is -2.53. The highest BCUT2D eigenvalue weighted by Crippen LogP contribution is 2.42. The molecule has 14 heavy (non-hydrogen) atoms. The zero-order chi connectivity index (χ0) is 11.1. The van der Waals surface area contributed by atoms with Crippen molar-refractivity contribution >= 4 is 14.1 Å². The van der Waals surface area contributed by atoms with E-state index in [1.807, 2.05) is 4.57 Å². The van der Waals surface area contributed by atoms with Gasteiger partial charge in [0.25, 0.3) is 0 Å². The van der Waals surface area contributed by atoms with Gasteiger partial charge in [-0.15, -0.1) is 6.42 Å². The smallest absolute Gasteiger partial charge is 0.218 e. The number of nitrogens with zero attached hydrogens (tertiary/aromatic N) is 1. The Bertz CT molecular complexity index is 295. The number of β-lactam (4-membered cyclic amide) rings is 1. The standard InChI is InChI=1S/C11H19NOSi/c1-7-9-8-10(13)12(9)14(5,6)11(2,3)4/h1,9H,8H2,2-6H3/t9-/m1/s1. The Kier molecular flexibility index (Phi) is 2.53. The molecule has 1 saturated heterocycles. The van der Waals surface area contributed by atoms with Gasteiger partial charge in [-0.3, -0.25) is 4.79 Å². The Hall–Kier alpha value is -0.753. The molecule has 0 bridgehead atoms. The molecule has 1 atom stereocenters. The fraction of sp³-hybridized carbons (Fsp3) is 0.727. The van der Waals surface area contributed by atoms with Crippen molar-refractivity contribution in [2.75, 3.05) is 0 Å². The van der Waals surface area contributed by atoms with E-state index in [1.165, 1.54) is 0 Å². The van der Waals surface area contributed by atoms with E-state index < -0.39 is 8.24 Å². The van der Waals surface area contributed by atoms with Crippen LogP contribution in [0.3, 0.4) is 0 Å². The van der Waals surface area contributed by atoms with Gasteiger partial charge in [0.2, 0.25) is 5.91 Å². The highest BCUT2D eigenvalue weighted by Gasteiger charge is 2.51. The molecule has 1 fully saturated rings. The minimum atomic E-state index is -1.73. The van der Waals surface area contributed by atoms with Crippen LogP contribution in [-0.2, 0) is 4.79 Å². The first-order valence-corrected chi connectivity index (χ1v) is 7.95. The van der Waals surface area contributed by atoms with Crippen LogP contribution in [0.1, 0.15) is 27.2 Å². The van der Waals surface area contributed by atoms with Crippen molar-refractivity contribution in [2.45, 2.75) is 51.4 Å². The lowest BCUT2D eigenvalue weighted by atomic mass is 10.1. The summed E-state index contributed by atoms with van der Waals surface area (Å²) in [5, 5.41) is 0.179. The molecule has 0 aromatic heterocycles. The van der Waals surface area contributed by atoms with Crippen LogP contribution in [-0.4, -0.2) is 24.7 Å². The van der Waals surface area contributed by atoms with Gasteiger partial charge in [0.15, 0.2) is 8.24 Å². The van der Waals surface area contributed by atoms with Crippen molar-refractivity contribution < 1.29 is 4.79 Å². The maximum atomic E-state index is 11.6. The number of amides is 1. The third kappa shape index (κ3) is 1.48. The molecular weight excluding hydrogens is 190 g/mol. The Morgan fingerprint density at radius 3 is 2.29 bits per heavy atom. The van der Waals surface area contributed by atoms with Gasteiger partial charge in [-0.25, -0.2) is 0 Å². The molecule has 0 aromatic rings. The zero-order valence-electron chi connectivity index (χ0n) is 9.72. The van der Waals surface area contributed by atoms with Crippen LogP contribution in [0, 0.1) is 12.3 Å². The SMILES string of the molecule is C#C[C@@H]1CC(=O)N1[Si](C)(C)C(C)(C)C. The van der Waals surface area contributed by atoms with Crippen molar-refractivity contribution in [1.29, 1.82) is 0 Å². The Morgan fingerprint density at radius 2 is 2.00 bits per heavy atom. The second-order valence-electron chi connectivity index (χ2n) is 5.46. The summed E-state index contributed by atoms with van der Waals surface area (Å²) in [7, 11) is -1.73. The first kappa shape index (κ1) is 11.3. The molecule has 0 unspecified atom stereocenters. The van der Waals surface area contributed by atoms with Crippen molar-refractivity contribution in [1.82, 2.24) is 4.57 Å². The van der Waals surface area contributed by atoms with Crippen molar-refractivity contribution in [3.63, 3.8) is 0 Å². The van der Waals surface area contributed by atoms with E-state index in [1.54, 1.807) is 0 Å². The van der Waals surface area contributed by atoms with Crippen molar-refractivity contribution in [3.05, 3.63) is 0 Å². The van der Waals surface area contributed by atoms with Gasteiger partial charge in [0.1, 0.15) is 0 Å². The predicted octanol–water partition coefficient (Wildman–Crippen LogP) is 2.23. The molecule has 1 heterocycles. The number of hydrogen-bond acceptors (Lipinski definition) is 1. The predicted molar refractivity (Wildman–Crippen MR) is 61.3 cm³/mol. The highest BCUT2D eigenvalue weighted by atomic mass is 28.3. The summed E-state index contributed by atoms with van der Waals surface area (Å²) in [6, 6.07) is 0.0587. The highest BCUT2D eigenvalue weighted by molar-refractivity contribution is 6.80. The lowest BCUT2D eigenvalue weighted by molar-refractivity contribution is -0.136. The van der Waals surface area contributed by atoms with Crippen LogP contribution in [0.4, 0.5) is 0 Å². The summed E-state index contributed by atoms with van der Waals surface area (Å²) >= 11 is 0. The van der Waals surface area contributed by atoms with Gasteiger partial charge in [-0.05, 0) is 5.04 Å². The number of terminal acetylenes is 1. The van der Waals surface area contributed by atoms with E-state index in [9.17, 15) is 4.79 Å². The lowest BCUT2D eigenvalue weighted by Crippen LogP contribution is -2.67. The molecule has 78 valence electrons. The van der Waals surface area contributed by atoms with Crippen LogP contribution >= 0.6 is 0 Å². The molecule has 1 rings (SSSR count). The molecule has 0 N–H and O–H groups in total. The second-order valence-corrected chi connectivity index (χ2v) is 10.6. The second kappa shape index (κ2) is 3.13. The molecule has 1 aliphatic heterocycles. The van der Waals surface area contributed by atoms with Crippen LogP contribution in [0.2, 0.25) is 18.1 Å². The molecular formula is C11H19NOSi. The van der Waals surface area contributed by atoms with Gasteiger partial charge < -0.3 is 4.57 Å². The molecule has 0 aromatic carbocycles. The largest absolute Gasteiger partial charge is 0.355 e. The molecule has 0 saturated carbocycles. The molecule has 0 radical (unpaired) electrons. The summed E-state index contributed by atoms with van der Waals surface area (Å²) in [4.78, 5) is 11.6. The van der Waals surface area contributed by atoms with Gasteiger partial charge in [0.05, 0.1) is 12.5 Å². The minimum absolute atomic E-state index is 0.0587. The fourth-order valence-electron chi connectivity index (χ4n) is 1.61. The van der Waals surface area contributed by atoms with Crippen LogP contribution in [0.15, 0.2) is 0 Å². The quantitative estimate of drug-likeness (QED) is 0.368. The first-order chi connectivity index (χ1) is 6.21. The van der Waals surface area contributed by atoms with Gasteiger partial charge in [0, 0.05) is 0 Å². The third-order valence-corrected chi connectivity index (χ3v) is 9.01. The minimum Gasteiger partial charge on any atom is -0.355 e. The summed E-state index contributed by atoms with van der Waals surface area (Å²) < 4.78 is 1.98. The van der Waals surface area contributed by atoms with Gasteiger partial charge in [-0.2, -0.15) is 0 Å². The van der Waals surface area contributed by atoms with E-state index in [2.05, 4.69) is 39.8 Å². The average Bonchev–Trinajstić information content (AvgIpc) is 1.96. The number of hydrogen-bond donors (Lipinski definition) is 0. The summed E-state index contributed by atoms with van der Waals surface area (Å²) in [6.07, 6.45) is 5.95. The number of carbonyl (C=O) groups is 1. The molecule has 1 amide bonds. The average molecular weight is 209 g/mol. The van der Waals surface area contributed by atoms with E-state index >= 15 is 0 Å². The monoisotopic (exact) mass is 209 g/mol. The number of rotatable bonds is 1. The maximum Gasteiger partial charge on any atom is 0.218 e. The van der Waals surface area contributed by atoms with Gasteiger partial charge in [-0.1, -0.05) is 39.8 Å². The summed E-state index contributed by atoms with van der Waals surface area (Å²) in [5.41, 5.74) is 0. The zero-order valence-corrected chi connectivity index (χ0v) is 10.7. The Labute approximate surface area is 87.8 Å². The Morgan fingerprint density at radius 1 is 1.50 bits per heavy atom. The van der Waals surface area contributed by atoms with E-state index in [-0.39, 0.29) is 17.0 Å². The normalized spacial score (nSPS) is 23.0. The molecule has 3 heteroatoms. The molecule has 2 nitrogen and oxygen atoms in total. The van der Waals surface area contributed by atoms with Crippen LogP contribution in [0.5, 0.6) is 0 Å².